The van der Waals surface area contributed by atoms with E-state index in [0.717, 1.165) is 49.8 Å². The summed E-state index contributed by atoms with van der Waals surface area (Å²) >= 11 is 0. The number of methoxy groups -OCH3 is 1. The van der Waals surface area contributed by atoms with Gasteiger partial charge in [-0.1, -0.05) is 64.7 Å². The first-order valence-electron chi connectivity index (χ1n) is 13.9. The monoisotopic (exact) mass is 547 g/mol. The van der Waals surface area contributed by atoms with E-state index < -0.39 is 6.03 Å². The van der Waals surface area contributed by atoms with Crippen LogP contribution in [0.3, 0.4) is 0 Å². The van der Waals surface area contributed by atoms with Crippen LogP contribution in [0.5, 0.6) is 17.4 Å². The topological polar surface area (TPSA) is 98.8 Å². The molecule has 0 aliphatic heterocycles. The summed E-state index contributed by atoms with van der Waals surface area (Å²) in [7, 11) is 1.42. The molecule has 0 fully saturated rings. The van der Waals surface area contributed by atoms with Crippen molar-refractivity contribution in [1.82, 2.24) is 4.98 Å². The van der Waals surface area contributed by atoms with E-state index in [9.17, 15) is 9.59 Å². The minimum Gasteiger partial charge on any atom is -0.494 e. The zero-order valence-electron chi connectivity index (χ0n) is 24.0. The van der Waals surface area contributed by atoms with Gasteiger partial charge in [0.1, 0.15) is 17.2 Å². The standard InChI is InChI=1S/C32H41N3O5/c1-32(2,3)26-14-10-11-16-28(26)40-30-27(15-13-22-33-30)35-31(37)34-24-18-20-25(21-19-24)39-23-12-8-6-5-7-9-17-29(36)38-4/h10-11,13-16,18-22H,5-9,12,17,23H2,1-4H3,(H2,34,35,37). The molecule has 0 saturated carbocycles. The normalized spacial score (nSPS) is 11.0. The van der Waals surface area contributed by atoms with Crippen molar-refractivity contribution >= 4 is 23.4 Å². The molecule has 0 spiro atoms. The highest BCUT2D eigenvalue weighted by Gasteiger charge is 2.20. The molecule has 1 aromatic heterocycles. The summed E-state index contributed by atoms with van der Waals surface area (Å²) in [6.07, 6.45) is 8.33. The lowest BCUT2D eigenvalue weighted by Crippen LogP contribution is -2.20. The number of pyridine rings is 1. The van der Waals surface area contributed by atoms with Crippen molar-refractivity contribution in [1.29, 1.82) is 0 Å². The van der Waals surface area contributed by atoms with Crippen LogP contribution in [0.1, 0.15) is 71.3 Å². The minimum atomic E-state index is -0.401. The number of rotatable bonds is 14. The SMILES string of the molecule is COC(=O)CCCCCCCCOc1ccc(NC(=O)Nc2cccnc2Oc2ccccc2C(C)(C)C)cc1. The molecule has 0 saturated heterocycles. The lowest BCUT2D eigenvalue weighted by atomic mass is 9.86. The summed E-state index contributed by atoms with van der Waals surface area (Å²) in [6, 6.07) is 18.2. The molecule has 3 aromatic rings. The highest BCUT2D eigenvalue weighted by molar-refractivity contribution is 6.00. The number of hydrogen-bond acceptors (Lipinski definition) is 6. The van der Waals surface area contributed by atoms with E-state index in [4.69, 9.17) is 9.47 Å². The van der Waals surface area contributed by atoms with Crippen molar-refractivity contribution < 1.29 is 23.8 Å². The van der Waals surface area contributed by atoms with Crippen LogP contribution >= 0.6 is 0 Å². The van der Waals surface area contributed by atoms with Crippen LogP contribution in [-0.4, -0.2) is 30.7 Å². The van der Waals surface area contributed by atoms with Gasteiger partial charge in [0.15, 0.2) is 0 Å². The van der Waals surface area contributed by atoms with Crippen LogP contribution in [0.4, 0.5) is 16.2 Å². The fourth-order valence-electron chi connectivity index (χ4n) is 4.14. The van der Waals surface area contributed by atoms with Crippen LogP contribution in [0, 0.1) is 0 Å². The molecule has 2 N–H and O–H groups in total. The summed E-state index contributed by atoms with van der Waals surface area (Å²) in [5, 5.41) is 5.67. The zero-order chi connectivity index (χ0) is 28.8. The van der Waals surface area contributed by atoms with Crippen molar-refractivity contribution in [3.8, 4) is 17.4 Å². The maximum absolute atomic E-state index is 12.7. The van der Waals surface area contributed by atoms with Crippen LogP contribution in [0.2, 0.25) is 0 Å². The Labute approximate surface area is 237 Å². The third-order valence-electron chi connectivity index (χ3n) is 6.30. The number of nitrogens with zero attached hydrogens (tertiary/aromatic N) is 1. The Morgan fingerprint density at radius 3 is 2.25 bits per heavy atom. The Kier molecular flexibility index (Phi) is 11.8. The highest BCUT2D eigenvalue weighted by Crippen LogP contribution is 2.35. The number of urea groups is 1. The minimum absolute atomic E-state index is 0.111. The number of amides is 2. The Hall–Kier alpha value is -4.07. The van der Waals surface area contributed by atoms with Crippen molar-refractivity contribution in [2.45, 2.75) is 71.1 Å². The zero-order valence-corrected chi connectivity index (χ0v) is 24.0. The predicted octanol–water partition coefficient (Wildman–Crippen LogP) is 8.10. The number of unbranched alkanes of at least 4 members (excludes halogenated alkanes) is 5. The average Bonchev–Trinajstić information content (AvgIpc) is 2.93. The number of anilines is 2. The molecular formula is C32H41N3O5. The van der Waals surface area contributed by atoms with E-state index in [1.807, 2.05) is 36.4 Å². The van der Waals surface area contributed by atoms with Gasteiger partial charge in [-0.25, -0.2) is 9.78 Å². The number of esters is 1. The molecular weight excluding hydrogens is 506 g/mol. The Bertz CT molecular complexity index is 1220. The summed E-state index contributed by atoms with van der Waals surface area (Å²) in [5.41, 5.74) is 2.04. The number of benzene rings is 2. The molecule has 0 atom stereocenters. The van der Waals surface area contributed by atoms with Gasteiger partial charge in [-0.15, -0.1) is 0 Å². The molecule has 8 heteroatoms. The fraction of sp³-hybridized carbons (Fsp3) is 0.406. The summed E-state index contributed by atoms with van der Waals surface area (Å²) in [5.74, 6) is 1.63. The molecule has 2 aromatic carbocycles. The molecule has 40 heavy (non-hydrogen) atoms. The molecule has 2 amide bonds. The van der Waals surface area contributed by atoms with E-state index in [1.54, 1.807) is 30.5 Å². The number of ether oxygens (including phenoxy) is 3. The lowest BCUT2D eigenvalue weighted by Gasteiger charge is -2.22. The van der Waals surface area contributed by atoms with E-state index in [1.165, 1.54) is 7.11 Å². The number of hydrogen-bond donors (Lipinski definition) is 2. The van der Waals surface area contributed by atoms with Crippen molar-refractivity contribution in [3.63, 3.8) is 0 Å². The first kappa shape index (κ1) is 30.5. The van der Waals surface area contributed by atoms with Gasteiger partial charge in [0.25, 0.3) is 0 Å². The van der Waals surface area contributed by atoms with E-state index >= 15 is 0 Å². The summed E-state index contributed by atoms with van der Waals surface area (Å²) < 4.78 is 16.6. The quantitative estimate of drug-likeness (QED) is 0.156. The molecule has 3 rings (SSSR count). The highest BCUT2D eigenvalue weighted by atomic mass is 16.5. The Morgan fingerprint density at radius 2 is 1.52 bits per heavy atom. The van der Waals surface area contributed by atoms with Gasteiger partial charge < -0.3 is 24.8 Å². The van der Waals surface area contributed by atoms with Crippen LogP contribution < -0.4 is 20.1 Å². The number of nitrogens with one attached hydrogen (secondary N) is 2. The average molecular weight is 548 g/mol. The number of carbonyl (C=O) groups excluding carboxylic acids is 2. The second kappa shape index (κ2) is 15.5. The largest absolute Gasteiger partial charge is 0.494 e. The van der Waals surface area contributed by atoms with Gasteiger partial charge >= 0.3 is 12.0 Å². The number of carbonyl (C=O) groups is 2. The molecule has 0 aliphatic rings. The van der Waals surface area contributed by atoms with E-state index in [0.29, 0.717) is 36.0 Å². The lowest BCUT2D eigenvalue weighted by molar-refractivity contribution is -0.140. The molecule has 1 heterocycles. The molecule has 0 unspecified atom stereocenters. The van der Waals surface area contributed by atoms with Crippen LogP contribution in [0.25, 0.3) is 0 Å². The van der Waals surface area contributed by atoms with Gasteiger partial charge in [0.2, 0.25) is 5.88 Å². The fourth-order valence-corrected chi connectivity index (χ4v) is 4.14. The van der Waals surface area contributed by atoms with Gasteiger partial charge in [-0.05, 0) is 60.7 Å². The summed E-state index contributed by atoms with van der Waals surface area (Å²) in [4.78, 5) is 28.2. The van der Waals surface area contributed by atoms with Crippen molar-refractivity contribution in [2.75, 3.05) is 24.4 Å². The molecule has 0 radical (unpaired) electrons. The molecule has 0 bridgehead atoms. The molecule has 214 valence electrons. The van der Waals surface area contributed by atoms with Gasteiger partial charge in [-0.3, -0.25) is 4.79 Å². The van der Waals surface area contributed by atoms with Gasteiger partial charge in [-0.2, -0.15) is 0 Å². The third-order valence-corrected chi connectivity index (χ3v) is 6.30. The smallest absolute Gasteiger partial charge is 0.323 e. The predicted molar refractivity (Wildman–Crippen MR) is 158 cm³/mol. The second-order valence-electron chi connectivity index (χ2n) is 10.6. The maximum atomic E-state index is 12.7. The van der Waals surface area contributed by atoms with E-state index in [-0.39, 0.29) is 11.4 Å². The van der Waals surface area contributed by atoms with E-state index in [2.05, 4.69) is 41.1 Å². The van der Waals surface area contributed by atoms with Gasteiger partial charge in [0.05, 0.1) is 13.7 Å². The van der Waals surface area contributed by atoms with Gasteiger partial charge in [0, 0.05) is 23.9 Å². The van der Waals surface area contributed by atoms with Crippen molar-refractivity contribution in [2.24, 2.45) is 0 Å². The first-order valence-corrected chi connectivity index (χ1v) is 13.9. The first-order chi connectivity index (χ1) is 19.3. The molecule has 8 nitrogen and oxygen atoms in total. The third kappa shape index (κ3) is 10.2. The van der Waals surface area contributed by atoms with Crippen LogP contribution in [0.15, 0.2) is 66.9 Å². The molecule has 0 aliphatic carbocycles. The maximum Gasteiger partial charge on any atom is 0.323 e. The number of aromatic nitrogens is 1. The Morgan fingerprint density at radius 1 is 0.825 bits per heavy atom. The Balaban J connectivity index is 1.43. The summed E-state index contributed by atoms with van der Waals surface area (Å²) in [6.45, 7) is 7.00. The number of para-hydroxylation sites is 1. The van der Waals surface area contributed by atoms with Crippen molar-refractivity contribution in [3.05, 3.63) is 72.4 Å². The van der Waals surface area contributed by atoms with Crippen LogP contribution in [-0.2, 0) is 14.9 Å². The second-order valence-corrected chi connectivity index (χ2v) is 10.6.